The fraction of sp³-hybridized carbons (Fsp3) is 0.632. The molecule has 5 heteroatoms. The van der Waals surface area contributed by atoms with Gasteiger partial charge in [0, 0.05) is 52.4 Å². The van der Waals surface area contributed by atoms with Crippen molar-refractivity contribution in [3.63, 3.8) is 0 Å². The molecule has 0 saturated carbocycles. The van der Waals surface area contributed by atoms with E-state index in [9.17, 15) is 0 Å². The van der Waals surface area contributed by atoms with E-state index in [-0.39, 0.29) is 0 Å². The molecule has 0 spiro atoms. The monoisotopic (exact) mass is 329 g/mol. The molecule has 0 bridgehead atoms. The van der Waals surface area contributed by atoms with Crippen molar-refractivity contribution in [2.45, 2.75) is 25.4 Å². The van der Waals surface area contributed by atoms with Gasteiger partial charge in [-0.25, -0.2) is 0 Å². The second kappa shape index (κ2) is 8.49. The number of rotatable bonds is 4. The Bertz CT molecular complexity index is 522. The molecular weight excluding hydrogens is 298 g/mol. The molecule has 1 N–H and O–H groups in total. The van der Waals surface area contributed by atoms with Crippen molar-refractivity contribution in [1.29, 1.82) is 0 Å². The SMILES string of the molecule is CN=C(NCC1CCCN1C)N1CCN(Cc2ccccc2)CC1. The Morgan fingerprint density at radius 3 is 2.50 bits per heavy atom. The van der Waals surface area contributed by atoms with Gasteiger partial charge >= 0.3 is 0 Å². The van der Waals surface area contributed by atoms with Gasteiger partial charge in [-0.15, -0.1) is 0 Å². The van der Waals surface area contributed by atoms with Gasteiger partial charge < -0.3 is 15.1 Å². The van der Waals surface area contributed by atoms with Gasteiger partial charge in [-0.3, -0.25) is 9.89 Å². The number of guanidine groups is 1. The highest BCUT2D eigenvalue weighted by molar-refractivity contribution is 5.80. The standard InChI is InChI=1S/C19H31N5/c1-20-19(21-15-18-9-6-10-22(18)2)24-13-11-23(12-14-24)16-17-7-4-3-5-8-17/h3-5,7-8,18H,6,9-16H2,1-2H3,(H,20,21). The van der Waals surface area contributed by atoms with E-state index in [0.717, 1.165) is 45.2 Å². The lowest BCUT2D eigenvalue weighted by molar-refractivity contribution is 0.172. The van der Waals surface area contributed by atoms with Gasteiger partial charge in [-0.2, -0.15) is 0 Å². The average Bonchev–Trinajstić information content (AvgIpc) is 3.03. The predicted octanol–water partition coefficient (Wildman–Crippen LogP) is 1.47. The second-order valence-electron chi connectivity index (χ2n) is 6.95. The molecule has 132 valence electrons. The fourth-order valence-corrected chi connectivity index (χ4v) is 3.74. The predicted molar refractivity (Wildman–Crippen MR) is 100 cm³/mol. The van der Waals surface area contributed by atoms with Gasteiger partial charge in [0.25, 0.3) is 0 Å². The average molecular weight is 329 g/mol. The third-order valence-electron chi connectivity index (χ3n) is 5.30. The molecule has 2 aliphatic heterocycles. The number of benzene rings is 1. The van der Waals surface area contributed by atoms with E-state index >= 15 is 0 Å². The van der Waals surface area contributed by atoms with Crippen LogP contribution in [0.2, 0.25) is 0 Å². The summed E-state index contributed by atoms with van der Waals surface area (Å²) in [7, 11) is 4.13. The van der Waals surface area contributed by atoms with Crippen molar-refractivity contribution < 1.29 is 0 Å². The third kappa shape index (κ3) is 4.48. The maximum absolute atomic E-state index is 4.50. The first-order valence-electron chi connectivity index (χ1n) is 9.18. The Morgan fingerprint density at radius 2 is 1.88 bits per heavy atom. The number of nitrogens with zero attached hydrogens (tertiary/aromatic N) is 4. The Balaban J connectivity index is 1.44. The van der Waals surface area contributed by atoms with Crippen LogP contribution in [-0.2, 0) is 6.54 Å². The first kappa shape index (κ1) is 17.2. The fourth-order valence-electron chi connectivity index (χ4n) is 3.74. The number of aliphatic imine (C=N–C) groups is 1. The van der Waals surface area contributed by atoms with Crippen molar-refractivity contribution in [3.05, 3.63) is 35.9 Å². The minimum atomic E-state index is 0.654. The van der Waals surface area contributed by atoms with Crippen LogP contribution in [0.4, 0.5) is 0 Å². The van der Waals surface area contributed by atoms with Crippen molar-refractivity contribution in [2.75, 3.05) is 53.4 Å². The number of hydrogen-bond donors (Lipinski definition) is 1. The zero-order valence-electron chi connectivity index (χ0n) is 15.1. The molecule has 2 saturated heterocycles. The molecule has 1 aromatic carbocycles. The van der Waals surface area contributed by atoms with Crippen molar-refractivity contribution in [2.24, 2.45) is 4.99 Å². The zero-order chi connectivity index (χ0) is 16.8. The van der Waals surface area contributed by atoms with Gasteiger partial charge in [-0.1, -0.05) is 30.3 Å². The van der Waals surface area contributed by atoms with E-state index in [4.69, 9.17) is 0 Å². The molecule has 2 heterocycles. The molecule has 0 aliphatic carbocycles. The highest BCUT2D eigenvalue weighted by Crippen LogP contribution is 2.14. The number of piperazine rings is 1. The highest BCUT2D eigenvalue weighted by atomic mass is 15.3. The van der Waals surface area contributed by atoms with E-state index in [1.807, 2.05) is 7.05 Å². The summed E-state index contributed by atoms with van der Waals surface area (Å²) in [4.78, 5) is 11.9. The van der Waals surface area contributed by atoms with Crippen LogP contribution in [0.5, 0.6) is 0 Å². The smallest absolute Gasteiger partial charge is 0.193 e. The van der Waals surface area contributed by atoms with Crippen LogP contribution in [0, 0.1) is 0 Å². The Morgan fingerprint density at radius 1 is 1.12 bits per heavy atom. The largest absolute Gasteiger partial charge is 0.355 e. The summed E-state index contributed by atoms with van der Waals surface area (Å²) in [5.41, 5.74) is 1.40. The van der Waals surface area contributed by atoms with Crippen LogP contribution in [0.1, 0.15) is 18.4 Å². The lowest BCUT2D eigenvalue weighted by Crippen LogP contribution is -2.53. The van der Waals surface area contributed by atoms with E-state index in [2.05, 4.69) is 62.4 Å². The summed E-state index contributed by atoms with van der Waals surface area (Å²) in [5.74, 6) is 1.06. The first-order valence-corrected chi connectivity index (χ1v) is 9.18. The first-order chi connectivity index (χ1) is 11.8. The summed E-state index contributed by atoms with van der Waals surface area (Å²) in [6.45, 7) is 7.57. The Hall–Kier alpha value is -1.59. The molecule has 2 fully saturated rings. The van der Waals surface area contributed by atoms with Crippen LogP contribution in [0.25, 0.3) is 0 Å². The van der Waals surface area contributed by atoms with Gasteiger partial charge in [-0.05, 0) is 32.0 Å². The molecule has 1 atom stereocenters. The lowest BCUT2D eigenvalue weighted by Gasteiger charge is -2.37. The normalized spacial score (nSPS) is 23.7. The summed E-state index contributed by atoms with van der Waals surface area (Å²) >= 11 is 0. The minimum Gasteiger partial charge on any atom is -0.355 e. The van der Waals surface area contributed by atoms with Crippen LogP contribution < -0.4 is 5.32 Å². The van der Waals surface area contributed by atoms with Gasteiger partial charge in [0.15, 0.2) is 5.96 Å². The summed E-state index contributed by atoms with van der Waals surface area (Å²) < 4.78 is 0. The van der Waals surface area contributed by atoms with Gasteiger partial charge in [0.05, 0.1) is 0 Å². The molecule has 5 nitrogen and oxygen atoms in total. The lowest BCUT2D eigenvalue weighted by atomic mass is 10.2. The van der Waals surface area contributed by atoms with E-state index < -0.39 is 0 Å². The van der Waals surface area contributed by atoms with Crippen LogP contribution in [-0.4, -0.2) is 80.1 Å². The van der Waals surface area contributed by atoms with Crippen molar-refractivity contribution in [3.8, 4) is 0 Å². The van der Waals surface area contributed by atoms with Crippen LogP contribution >= 0.6 is 0 Å². The Kier molecular flexibility index (Phi) is 6.10. The molecule has 2 aliphatic rings. The number of likely N-dealkylation sites (N-methyl/N-ethyl adjacent to an activating group) is 1. The summed E-state index contributed by atoms with van der Waals surface area (Å²) in [6.07, 6.45) is 2.62. The van der Waals surface area contributed by atoms with E-state index in [1.54, 1.807) is 0 Å². The highest BCUT2D eigenvalue weighted by Gasteiger charge is 2.23. The quantitative estimate of drug-likeness (QED) is 0.670. The molecule has 0 radical (unpaired) electrons. The zero-order valence-corrected chi connectivity index (χ0v) is 15.1. The summed E-state index contributed by atoms with van der Waals surface area (Å²) in [5, 5.41) is 3.59. The van der Waals surface area contributed by atoms with E-state index in [0.29, 0.717) is 6.04 Å². The number of hydrogen-bond acceptors (Lipinski definition) is 3. The van der Waals surface area contributed by atoms with E-state index in [1.165, 1.54) is 24.9 Å². The van der Waals surface area contributed by atoms with Crippen molar-refractivity contribution >= 4 is 5.96 Å². The molecule has 1 unspecified atom stereocenters. The maximum Gasteiger partial charge on any atom is 0.193 e. The van der Waals surface area contributed by atoms with Gasteiger partial charge in [0.2, 0.25) is 0 Å². The molecule has 3 rings (SSSR count). The summed E-state index contributed by atoms with van der Waals surface area (Å²) in [6, 6.07) is 11.4. The second-order valence-corrected chi connectivity index (χ2v) is 6.95. The molecule has 0 aromatic heterocycles. The number of nitrogens with one attached hydrogen (secondary N) is 1. The maximum atomic E-state index is 4.50. The minimum absolute atomic E-state index is 0.654. The molecular formula is C19H31N5. The molecule has 0 amide bonds. The molecule has 24 heavy (non-hydrogen) atoms. The molecule has 1 aromatic rings. The van der Waals surface area contributed by atoms with Gasteiger partial charge in [0.1, 0.15) is 0 Å². The van der Waals surface area contributed by atoms with Crippen LogP contribution in [0.15, 0.2) is 35.3 Å². The van der Waals surface area contributed by atoms with Crippen LogP contribution in [0.3, 0.4) is 0 Å². The van der Waals surface area contributed by atoms with Crippen molar-refractivity contribution in [1.82, 2.24) is 20.0 Å². The Labute approximate surface area is 146 Å². The third-order valence-corrected chi connectivity index (χ3v) is 5.30. The topological polar surface area (TPSA) is 34.1 Å². The number of likely N-dealkylation sites (tertiary alicyclic amines) is 1.